The average Bonchev–Trinajstić information content (AvgIpc) is 2.34. The summed E-state index contributed by atoms with van der Waals surface area (Å²) in [7, 11) is 0. The van der Waals surface area contributed by atoms with E-state index < -0.39 is 5.54 Å². The molecule has 3 N–H and O–H groups in total. The normalized spacial score (nSPS) is 26.4. The Bertz CT molecular complexity index is 307. The van der Waals surface area contributed by atoms with Gasteiger partial charge in [-0.2, -0.15) is 0 Å². The van der Waals surface area contributed by atoms with E-state index in [9.17, 15) is 4.79 Å². The highest BCUT2D eigenvalue weighted by Crippen LogP contribution is 2.26. The predicted octanol–water partition coefficient (Wildman–Crippen LogP) is 2.60. The second-order valence-electron chi connectivity index (χ2n) is 6.86. The van der Waals surface area contributed by atoms with Crippen LogP contribution in [-0.4, -0.2) is 30.2 Å². The van der Waals surface area contributed by atoms with Gasteiger partial charge in [0, 0.05) is 12.6 Å². The molecular formula is C16H32N2O2. The van der Waals surface area contributed by atoms with Gasteiger partial charge in [0.25, 0.3) is 0 Å². The van der Waals surface area contributed by atoms with Gasteiger partial charge in [0.15, 0.2) is 0 Å². The van der Waals surface area contributed by atoms with E-state index >= 15 is 0 Å². The number of ether oxygens (including phenoxy) is 1. The molecule has 1 aliphatic rings. The lowest BCUT2D eigenvalue weighted by atomic mass is 9.88. The fraction of sp³-hybridized carbons (Fsp3) is 0.938. The number of amides is 1. The second-order valence-corrected chi connectivity index (χ2v) is 6.86. The Morgan fingerprint density at radius 2 is 2.15 bits per heavy atom. The van der Waals surface area contributed by atoms with Crippen LogP contribution in [0.15, 0.2) is 0 Å². The molecule has 0 spiro atoms. The van der Waals surface area contributed by atoms with E-state index in [0.29, 0.717) is 6.10 Å². The number of primary amides is 1. The molecule has 0 aromatic carbocycles. The Kier molecular flexibility index (Phi) is 6.96. The first-order valence-corrected chi connectivity index (χ1v) is 8.02. The quantitative estimate of drug-likeness (QED) is 0.673. The van der Waals surface area contributed by atoms with Crippen molar-refractivity contribution >= 4 is 5.91 Å². The summed E-state index contributed by atoms with van der Waals surface area (Å²) in [6.45, 7) is 8.96. The second kappa shape index (κ2) is 7.99. The van der Waals surface area contributed by atoms with Crippen molar-refractivity contribution in [2.45, 2.75) is 83.9 Å². The first-order chi connectivity index (χ1) is 9.33. The summed E-state index contributed by atoms with van der Waals surface area (Å²) in [5.41, 5.74) is 4.89. The van der Waals surface area contributed by atoms with Gasteiger partial charge in [-0.15, -0.1) is 0 Å². The minimum Gasteiger partial charge on any atom is -0.378 e. The Morgan fingerprint density at radius 3 is 2.70 bits per heavy atom. The number of carbonyl (C=O) groups excluding carboxylic acids is 1. The van der Waals surface area contributed by atoms with Crippen LogP contribution in [0.2, 0.25) is 0 Å². The lowest BCUT2D eigenvalue weighted by Crippen LogP contribution is -2.55. The number of carbonyl (C=O) groups is 1. The summed E-state index contributed by atoms with van der Waals surface area (Å²) in [5.74, 6) is 0.504. The topological polar surface area (TPSA) is 64.3 Å². The summed E-state index contributed by atoms with van der Waals surface area (Å²) in [6.07, 6.45) is 6.97. The summed E-state index contributed by atoms with van der Waals surface area (Å²) in [5, 5.41) is 3.27. The summed E-state index contributed by atoms with van der Waals surface area (Å²) in [6, 6.07) is 0.243. The Balaban J connectivity index is 2.28. The van der Waals surface area contributed by atoms with Crippen molar-refractivity contribution in [3.05, 3.63) is 0 Å². The van der Waals surface area contributed by atoms with Gasteiger partial charge in [0.05, 0.1) is 11.6 Å². The molecule has 0 aromatic heterocycles. The van der Waals surface area contributed by atoms with Crippen molar-refractivity contribution in [3.63, 3.8) is 0 Å². The summed E-state index contributed by atoms with van der Waals surface area (Å²) < 4.78 is 5.95. The monoisotopic (exact) mass is 284 g/mol. The van der Waals surface area contributed by atoms with E-state index in [2.05, 4.69) is 12.2 Å². The Labute approximate surface area is 123 Å². The molecule has 0 saturated heterocycles. The van der Waals surface area contributed by atoms with E-state index in [-0.39, 0.29) is 11.9 Å². The van der Waals surface area contributed by atoms with Crippen LogP contribution < -0.4 is 11.1 Å². The van der Waals surface area contributed by atoms with Gasteiger partial charge in [0.1, 0.15) is 0 Å². The molecule has 0 heterocycles. The standard InChI is InChI=1S/C16H32N2O2/c1-12(2)18-16(4,15(17)19)9-6-10-20-14-8-5-7-13(3)11-14/h12-14,18H,5-11H2,1-4H3,(H2,17,19). The van der Waals surface area contributed by atoms with E-state index in [0.717, 1.165) is 25.4 Å². The molecule has 1 fully saturated rings. The highest BCUT2D eigenvalue weighted by Gasteiger charge is 2.30. The zero-order chi connectivity index (χ0) is 15.2. The SMILES string of the molecule is CC1CCCC(OCCCC(C)(NC(C)C)C(N)=O)C1. The van der Waals surface area contributed by atoms with Crippen molar-refractivity contribution in [3.8, 4) is 0 Å². The smallest absolute Gasteiger partial charge is 0.237 e. The van der Waals surface area contributed by atoms with Crippen LogP contribution in [0.5, 0.6) is 0 Å². The predicted molar refractivity (Wildman–Crippen MR) is 82.5 cm³/mol. The van der Waals surface area contributed by atoms with Gasteiger partial charge in [-0.1, -0.05) is 19.8 Å². The van der Waals surface area contributed by atoms with Crippen molar-refractivity contribution in [2.24, 2.45) is 11.7 Å². The highest BCUT2D eigenvalue weighted by molar-refractivity contribution is 5.84. The summed E-state index contributed by atoms with van der Waals surface area (Å²) >= 11 is 0. The zero-order valence-electron chi connectivity index (χ0n) is 13.6. The van der Waals surface area contributed by atoms with Crippen LogP contribution in [0.4, 0.5) is 0 Å². The van der Waals surface area contributed by atoms with E-state index in [1.807, 2.05) is 20.8 Å². The first-order valence-electron chi connectivity index (χ1n) is 8.02. The van der Waals surface area contributed by atoms with Gasteiger partial charge in [-0.25, -0.2) is 0 Å². The van der Waals surface area contributed by atoms with E-state index in [1.165, 1.54) is 25.7 Å². The average molecular weight is 284 g/mol. The Hall–Kier alpha value is -0.610. The van der Waals surface area contributed by atoms with Crippen LogP contribution in [0, 0.1) is 5.92 Å². The fourth-order valence-corrected chi connectivity index (χ4v) is 3.11. The lowest BCUT2D eigenvalue weighted by Gasteiger charge is -2.31. The molecule has 0 bridgehead atoms. The molecule has 4 heteroatoms. The maximum atomic E-state index is 11.6. The van der Waals surface area contributed by atoms with Crippen LogP contribution in [0.3, 0.4) is 0 Å². The van der Waals surface area contributed by atoms with Crippen LogP contribution in [-0.2, 0) is 9.53 Å². The van der Waals surface area contributed by atoms with Gasteiger partial charge < -0.3 is 15.8 Å². The van der Waals surface area contributed by atoms with Gasteiger partial charge in [-0.05, 0) is 52.4 Å². The van der Waals surface area contributed by atoms with Gasteiger partial charge in [0.2, 0.25) is 5.91 Å². The maximum Gasteiger partial charge on any atom is 0.237 e. The fourth-order valence-electron chi connectivity index (χ4n) is 3.11. The van der Waals surface area contributed by atoms with Crippen molar-refractivity contribution in [2.75, 3.05) is 6.61 Å². The van der Waals surface area contributed by atoms with Crippen LogP contribution >= 0.6 is 0 Å². The molecule has 3 unspecified atom stereocenters. The van der Waals surface area contributed by atoms with Crippen LogP contribution in [0.25, 0.3) is 0 Å². The largest absolute Gasteiger partial charge is 0.378 e. The molecule has 0 radical (unpaired) electrons. The Morgan fingerprint density at radius 1 is 1.45 bits per heavy atom. The maximum absolute atomic E-state index is 11.6. The molecule has 1 amide bonds. The minimum absolute atomic E-state index is 0.243. The molecule has 20 heavy (non-hydrogen) atoms. The third-order valence-electron chi connectivity index (χ3n) is 4.21. The van der Waals surface area contributed by atoms with E-state index in [4.69, 9.17) is 10.5 Å². The number of nitrogens with two attached hydrogens (primary N) is 1. The number of rotatable bonds is 8. The van der Waals surface area contributed by atoms with Crippen molar-refractivity contribution in [1.29, 1.82) is 0 Å². The summed E-state index contributed by atoms with van der Waals surface area (Å²) in [4.78, 5) is 11.6. The molecule has 118 valence electrons. The highest BCUT2D eigenvalue weighted by atomic mass is 16.5. The molecule has 0 aliphatic heterocycles. The van der Waals surface area contributed by atoms with Gasteiger partial charge >= 0.3 is 0 Å². The first kappa shape index (κ1) is 17.4. The van der Waals surface area contributed by atoms with Gasteiger partial charge in [-0.3, -0.25) is 4.79 Å². The molecular weight excluding hydrogens is 252 g/mol. The molecule has 0 aromatic rings. The number of nitrogens with one attached hydrogen (secondary N) is 1. The molecule has 3 atom stereocenters. The van der Waals surface area contributed by atoms with Crippen molar-refractivity contribution in [1.82, 2.24) is 5.32 Å². The van der Waals surface area contributed by atoms with Crippen molar-refractivity contribution < 1.29 is 9.53 Å². The van der Waals surface area contributed by atoms with E-state index in [1.54, 1.807) is 0 Å². The molecule has 4 nitrogen and oxygen atoms in total. The number of hydrogen-bond acceptors (Lipinski definition) is 3. The molecule has 1 aliphatic carbocycles. The third kappa shape index (κ3) is 5.80. The third-order valence-corrected chi connectivity index (χ3v) is 4.21. The van der Waals surface area contributed by atoms with Crippen LogP contribution in [0.1, 0.15) is 66.2 Å². The molecule has 1 rings (SSSR count). The minimum atomic E-state index is -0.628. The number of hydrogen-bond donors (Lipinski definition) is 2. The molecule has 1 saturated carbocycles. The zero-order valence-corrected chi connectivity index (χ0v) is 13.6. The lowest BCUT2D eigenvalue weighted by molar-refractivity contribution is -0.124.